The molecule has 2 N–H and O–H groups in total. The average Bonchev–Trinajstić information content (AvgIpc) is 2.80. The molecule has 0 unspecified atom stereocenters. The summed E-state index contributed by atoms with van der Waals surface area (Å²) in [6, 6.07) is 16.1. The van der Waals surface area contributed by atoms with E-state index in [4.69, 9.17) is 10.7 Å². The van der Waals surface area contributed by atoms with Crippen LogP contribution in [0.3, 0.4) is 0 Å². The molecule has 0 spiro atoms. The maximum Gasteiger partial charge on any atom is 0.0991 e. The van der Waals surface area contributed by atoms with Crippen molar-refractivity contribution in [3.8, 4) is 6.07 Å². The molecule has 148 valence electrons. The highest BCUT2D eigenvalue weighted by atomic mass is 14.9. The molecule has 1 saturated carbocycles. The van der Waals surface area contributed by atoms with Gasteiger partial charge in [0.25, 0.3) is 0 Å². The van der Waals surface area contributed by atoms with Crippen molar-refractivity contribution < 1.29 is 0 Å². The van der Waals surface area contributed by atoms with Crippen LogP contribution in [-0.4, -0.2) is 21.7 Å². The molecule has 4 heterocycles. The molecule has 3 aliphatic rings. The molecule has 6 rings (SSSR count). The summed E-state index contributed by atoms with van der Waals surface area (Å²) in [6.45, 7) is 1.97. The van der Waals surface area contributed by atoms with Gasteiger partial charge in [-0.25, -0.2) is 0 Å². The van der Waals surface area contributed by atoms with Gasteiger partial charge in [-0.15, -0.1) is 0 Å². The van der Waals surface area contributed by atoms with Gasteiger partial charge in [0, 0.05) is 34.5 Å². The van der Waals surface area contributed by atoms with Crippen molar-refractivity contribution in [2.45, 2.75) is 38.6 Å². The molecule has 1 aliphatic carbocycles. The minimum atomic E-state index is 0.376. The zero-order valence-corrected chi connectivity index (χ0v) is 17.0. The van der Waals surface area contributed by atoms with E-state index in [0.717, 1.165) is 64.8 Å². The monoisotopic (exact) mass is 393 g/mol. The molecule has 0 amide bonds. The number of nitrogens with zero attached hydrogens (tertiary/aromatic N) is 4. The third kappa shape index (κ3) is 3.15. The number of benzene rings is 1. The first-order valence-electron chi connectivity index (χ1n) is 10.4. The van der Waals surface area contributed by atoms with Crippen molar-refractivity contribution in [2.75, 3.05) is 0 Å². The average molecular weight is 393 g/mol. The van der Waals surface area contributed by atoms with Crippen molar-refractivity contribution in [3.63, 3.8) is 0 Å². The molecule has 0 radical (unpaired) electrons. The number of aryl methyl sites for hydroxylation is 1. The number of aliphatic imine (C=N–C) groups is 1. The summed E-state index contributed by atoms with van der Waals surface area (Å²) in [6.07, 6.45) is 6.41. The molecule has 1 fully saturated rings. The second-order valence-electron chi connectivity index (χ2n) is 8.17. The first-order chi connectivity index (χ1) is 14.6. The number of rotatable bonds is 3. The molecule has 2 aromatic heterocycles. The molecular weight excluding hydrogens is 370 g/mol. The van der Waals surface area contributed by atoms with E-state index >= 15 is 0 Å². The van der Waals surface area contributed by atoms with E-state index in [-0.39, 0.29) is 0 Å². The lowest BCUT2D eigenvalue weighted by atomic mass is 9.75. The second kappa shape index (κ2) is 7.38. The lowest BCUT2D eigenvalue weighted by Gasteiger charge is -2.36. The molecule has 30 heavy (non-hydrogen) atoms. The van der Waals surface area contributed by atoms with E-state index < -0.39 is 0 Å². The number of hydrogen-bond donors (Lipinski definition) is 1. The third-order valence-corrected chi connectivity index (χ3v) is 6.23. The minimum Gasteiger partial charge on any atom is -0.396 e. The van der Waals surface area contributed by atoms with Gasteiger partial charge in [0.05, 0.1) is 34.6 Å². The zero-order chi connectivity index (χ0) is 20.7. The SMILES string of the molecule is Cc1cccc(C(N)=C(C2=NC3CCC2CC3)c2ccnc3ccc(C#N)cc23)n1. The summed E-state index contributed by atoms with van der Waals surface area (Å²) < 4.78 is 0. The van der Waals surface area contributed by atoms with Crippen LogP contribution in [0.25, 0.3) is 22.2 Å². The predicted octanol–water partition coefficient (Wildman–Crippen LogP) is 4.65. The Morgan fingerprint density at radius 3 is 2.63 bits per heavy atom. The smallest absolute Gasteiger partial charge is 0.0991 e. The second-order valence-corrected chi connectivity index (χ2v) is 8.17. The van der Waals surface area contributed by atoms with Crippen LogP contribution in [0.15, 0.2) is 53.7 Å². The summed E-state index contributed by atoms with van der Waals surface area (Å²) in [5.74, 6) is 0.413. The lowest BCUT2D eigenvalue weighted by molar-refractivity contribution is 0.365. The van der Waals surface area contributed by atoms with Gasteiger partial charge in [0.1, 0.15) is 0 Å². The van der Waals surface area contributed by atoms with Crippen molar-refractivity contribution in [3.05, 3.63) is 71.2 Å². The maximum atomic E-state index is 9.44. The van der Waals surface area contributed by atoms with Crippen molar-refractivity contribution in [1.29, 1.82) is 5.26 Å². The Morgan fingerprint density at radius 2 is 1.93 bits per heavy atom. The largest absolute Gasteiger partial charge is 0.396 e. The number of aromatic nitrogens is 2. The van der Waals surface area contributed by atoms with Crippen molar-refractivity contribution in [1.82, 2.24) is 9.97 Å². The molecular formula is C25H23N5. The predicted molar refractivity (Wildman–Crippen MR) is 120 cm³/mol. The fraction of sp³-hybridized carbons (Fsp3) is 0.280. The van der Waals surface area contributed by atoms with Crippen LogP contribution >= 0.6 is 0 Å². The summed E-state index contributed by atoms with van der Waals surface area (Å²) in [4.78, 5) is 14.3. The summed E-state index contributed by atoms with van der Waals surface area (Å²) in [5.41, 5.74) is 13.6. The maximum absolute atomic E-state index is 9.44. The van der Waals surface area contributed by atoms with Gasteiger partial charge >= 0.3 is 0 Å². The highest BCUT2D eigenvalue weighted by Crippen LogP contribution is 2.40. The summed E-state index contributed by atoms with van der Waals surface area (Å²) >= 11 is 0. The van der Waals surface area contributed by atoms with Crippen LogP contribution in [0.5, 0.6) is 0 Å². The molecule has 1 aromatic carbocycles. The number of nitrogens with two attached hydrogens (primary N) is 1. The van der Waals surface area contributed by atoms with E-state index in [0.29, 0.717) is 23.2 Å². The van der Waals surface area contributed by atoms with Crippen LogP contribution < -0.4 is 5.73 Å². The van der Waals surface area contributed by atoms with Gasteiger partial charge in [-0.2, -0.15) is 5.26 Å². The lowest BCUT2D eigenvalue weighted by Crippen LogP contribution is -2.33. The van der Waals surface area contributed by atoms with E-state index in [1.54, 1.807) is 6.07 Å². The first kappa shape index (κ1) is 18.5. The molecule has 0 atom stereocenters. The molecule has 2 bridgehead atoms. The van der Waals surface area contributed by atoms with E-state index in [9.17, 15) is 5.26 Å². The van der Waals surface area contributed by atoms with Crippen LogP contribution in [-0.2, 0) is 0 Å². The normalized spacial score (nSPS) is 21.1. The number of allylic oxidation sites excluding steroid dienone is 1. The Balaban J connectivity index is 1.81. The topological polar surface area (TPSA) is 88.0 Å². The number of nitriles is 1. The number of fused-ring (bicyclic) bond motifs is 3. The minimum absolute atomic E-state index is 0.376. The summed E-state index contributed by atoms with van der Waals surface area (Å²) in [7, 11) is 0. The molecule has 3 aromatic rings. The quantitative estimate of drug-likeness (QED) is 0.701. The van der Waals surface area contributed by atoms with Gasteiger partial charge in [-0.1, -0.05) is 6.07 Å². The van der Waals surface area contributed by atoms with Crippen molar-refractivity contribution >= 4 is 27.9 Å². The summed E-state index contributed by atoms with van der Waals surface area (Å²) in [5, 5.41) is 10.4. The molecule has 5 heteroatoms. The van der Waals surface area contributed by atoms with Crippen LogP contribution in [0.2, 0.25) is 0 Å². The van der Waals surface area contributed by atoms with Gasteiger partial charge in [0.15, 0.2) is 0 Å². The standard InChI is InChI=1S/C25H23N5/c1-15-3-2-4-22(29-15)24(27)23(25-17-6-8-18(30-25)9-7-17)19-11-12-28-21-10-5-16(14-26)13-20(19)21/h2-5,10-13,17-18H,6-9,27H2,1H3. The Bertz CT molecular complexity index is 1240. The Kier molecular flexibility index (Phi) is 4.55. The van der Waals surface area contributed by atoms with Gasteiger partial charge in [0.2, 0.25) is 0 Å². The van der Waals surface area contributed by atoms with Gasteiger partial charge < -0.3 is 5.73 Å². The van der Waals surface area contributed by atoms with Crippen LogP contribution in [0.4, 0.5) is 0 Å². The molecule has 0 saturated heterocycles. The molecule has 2 aliphatic heterocycles. The fourth-order valence-electron chi connectivity index (χ4n) is 4.73. The van der Waals surface area contributed by atoms with E-state index in [1.807, 2.05) is 49.5 Å². The Morgan fingerprint density at radius 1 is 1.10 bits per heavy atom. The number of pyridine rings is 2. The number of hydrogen-bond acceptors (Lipinski definition) is 5. The van der Waals surface area contributed by atoms with Gasteiger partial charge in [-0.3, -0.25) is 15.0 Å². The highest BCUT2D eigenvalue weighted by Gasteiger charge is 2.34. The van der Waals surface area contributed by atoms with Crippen molar-refractivity contribution in [2.24, 2.45) is 16.6 Å². The third-order valence-electron chi connectivity index (χ3n) is 6.23. The van der Waals surface area contributed by atoms with E-state index in [2.05, 4.69) is 16.0 Å². The molecule has 5 nitrogen and oxygen atoms in total. The Hall–Kier alpha value is -3.52. The first-order valence-corrected chi connectivity index (χ1v) is 10.4. The highest BCUT2D eigenvalue weighted by molar-refractivity contribution is 6.33. The van der Waals surface area contributed by atoms with Gasteiger partial charge in [-0.05, 0) is 74.6 Å². The van der Waals surface area contributed by atoms with Crippen LogP contribution in [0.1, 0.15) is 48.2 Å². The fourth-order valence-corrected chi connectivity index (χ4v) is 4.73. The zero-order valence-electron chi connectivity index (χ0n) is 17.0. The van der Waals surface area contributed by atoms with E-state index in [1.165, 1.54) is 0 Å². The Labute approximate surface area is 176 Å². The van der Waals surface area contributed by atoms with Crippen LogP contribution in [0, 0.1) is 24.2 Å².